The molecule has 1 saturated heterocycles. The average molecular weight is 185 g/mol. The zero-order valence-electron chi connectivity index (χ0n) is 8.23. The van der Waals surface area contributed by atoms with Gasteiger partial charge in [-0.3, -0.25) is 4.79 Å². The van der Waals surface area contributed by atoms with Crippen LogP contribution in [0.2, 0.25) is 0 Å². The quantitative estimate of drug-likeness (QED) is 0.627. The molecule has 1 radical (unpaired) electrons. The van der Waals surface area contributed by atoms with E-state index in [-0.39, 0.29) is 11.8 Å². The smallest absolute Gasteiger partial charge is 0.251 e. The Balaban J connectivity index is 2.45. The first-order chi connectivity index (χ1) is 6.13. The van der Waals surface area contributed by atoms with Crippen LogP contribution in [0.1, 0.15) is 13.8 Å². The number of carbonyl (C=O) groups excluding carboxylic acids is 1. The Labute approximate surface area is 78.9 Å². The van der Waals surface area contributed by atoms with Gasteiger partial charge in [-0.25, -0.2) is 5.32 Å². The van der Waals surface area contributed by atoms with Crippen LogP contribution < -0.4 is 5.32 Å². The summed E-state index contributed by atoms with van der Waals surface area (Å²) in [5.74, 6) is -0.156. The van der Waals surface area contributed by atoms with E-state index in [0.717, 1.165) is 0 Å². The third-order valence-electron chi connectivity index (χ3n) is 2.25. The van der Waals surface area contributed by atoms with E-state index >= 15 is 0 Å². The molecule has 75 valence electrons. The van der Waals surface area contributed by atoms with E-state index in [9.17, 15) is 9.90 Å². The van der Waals surface area contributed by atoms with Crippen molar-refractivity contribution in [2.24, 2.45) is 5.92 Å². The van der Waals surface area contributed by atoms with Crippen molar-refractivity contribution in [2.45, 2.75) is 20.0 Å². The van der Waals surface area contributed by atoms with Crippen LogP contribution in [0.5, 0.6) is 0 Å². The molecule has 4 nitrogen and oxygen atoms in total. The summed E-state index contributed by atoms with van der Waals surface area (Å²) >= 11 is 0. The summed E-state index contributed by atoms with van der Waals surface area (Å²) in [6.07, 6.45) is -0.849. The Kier molecular flexibility index (Phi) is 3.69. The highest BCUT2D eigenvalue weighted by Gasteiger charge is 2.25. The van der Waals surface area contributed by atoms with Crippen molar-refractivity contribution >= 4 is 5.91 Å². The molecule has 1 aliphatic heterocycles. The van der Waals surface area contributed by atoms with Crippen LogP contribution in [0.3, 0.4) is 0 Å². The number of hydrogen-bond donors (Lipinski definition) is 1. The lowest BCUT2D eigenvalue weighted by Gasteiger charge is -2.29. The van der Waals surface area contributed by atoms with Crippen LogP contribution in [0.4, 0.5) is 0 Å². The molecule has 0 aromatic carbocycles. The molecule has 0 saturated carbocycles. The topological polar surface area (TPSA) is 54.6 Å². The minimum absolute atomic E-state index is 0.00800. The Morgan fingerprint density at radius 1 is 1.38 bits per heavy atom. The number of nitrogens with zero attached hydrogens (tertiary/aromatic N) is 2. The van der Waals surface area contributed by atoms with Gasteiger partial charge < -0.3 is 10.0 Å². The largest absolute Gasteiger partial charge is 0.383 e. The second-order valence-corrected chi connectivity index (χ2v) is 3.68. The fraction of sp³-hybridized carbons (Fsp3) is 0.889. The Morgan fingerprint density at radius 3 is 2.38 bits per heavy atom. The number of amides is 1. The highest BCUT2D eigenvalue weighted by Crippen LogP contribution is 2.06. The SMILES string of the molecule is CC(C)[C@H](O)C(=O)N1CC[N]CC1. The first-order valence-electron chi connectivity index (χ1n) is 4.73. The summed E-state index contributed by atoms with van der Waals surface area (Å²) in [6.45, 7) is 6.41. The average Bonchev–Trinajstić information content (AvgIpc) is 2.17. The molecule has 1 atom stereocenters. The fourth-order valence-corrected chi connectivity index (χ4v) is 1.30. The fourth-order valence-electron chi connectivity index (χ4n) is 1.30. The molecular weight excluding hydrogens is 168 g/mol. The Hall–Kier alpha value is -0.610. The van der Waals surface area contributed by atoms with Crippen molar-refractivity contribution in [1.82, 2.24) is 10.2 Å². The van der Waals surface area contributed by atoms with Crippen molar-refractivity contribution < 1.29 is 9.90 Å². The predicted molar refractivity (Wildman–Crippen MR) is 49.3 cm³/mol. The molecule has 0 aromatic heterocycles. The van der Waals surface area contributed by atoms with Crippen LogP contribution in [-0.4, -0.2) is 48.2 Å². The minimum Gasteiger partial charge on any atom is -0.383 e. The van der Waals surface area contributed by atoms with E-state index in [1.807, 2.05) is 13.8 Å². The van der Waals surface area contributed by atoms with E-state index in [0.29, 0.717) is 26.2 Å². The lowest BCUT2D eigenvalue weighted by molar-refractivity contribution is -0.142. The summed E-state index contributed by atoms with van der Waals surface area (Å²) in [5, 5.41) is 13.7. The maximum absolute atomic E-state index is 11.6. The monoisotopic (exact) mass is 185 g/mol. The third kappa shape index (κ3) is 2.67. The molecule has 13 heavy (non-hydrogen) atoms. The number of rotatable bonds is 2. The van der Waals surface area contributed by atoms with Gasteiger partial charge in [0, 0.05) is 26.2 Å². The van der Waals surface area contributed by atoms with E-state index < -0.39 is 6.10 Å². The molecule has 0 bridgehead atoms. The zero-order chi connectivity index (χ0) is 9.84. The molecule has 4 heteroatoms. The van der Waals surface area contributed by atoms with Gasteiger partial charge in [-0.15, -0.1) is 0 Å². The summed E-state index contributed by atoms with van der Waals surface area (Å²) in [5.41, 5.74) is 0. The maximum atomic E-state index is 11.6. The maximum Gasteiger partial charge on any atom is 0.251 e. The number of piperazine rings is 1. The summed E-state index contributed by atoms with van der Waals surface area (Å²) in [4.78, 5) is 13.3. The standard InChI is InChI=1S/C9H17N2O2/c1-7(2)8(12)9(13)11-5-3-10-4-6-11/h7-8,12H,3-6H2,1-2H3/t8-/m0/s1. The molecule has 1 fully saturated rings. The number of aliphatic hydroxyl groups excluding tert-OH is 1. The number of aliphatic hydroxyl groups is 1. The highest BCUT2D eigenvalue weighted by molar-refractivity contribution is 5.81. The lowest BCUT2D eigenvalue weighted by atomic mass is 10.1. The molecule has 1 N–H and O–H groups in total. The van der Waals surface area contributed by atoms with Crippen LogP contribution in [0.15, 0.2) is 0 Å². The van der Waals surface area contributed by atoms with Crippen LogP contribution >= 0.6 is 0 Å². The van der Waals surface area contributed by atoms with Gasteiger partial charge in [-0.2, -0.15) is 0 Å². The second kappa shape index (κ2) is 4.58. The molecule has 1 amide bonds. The van der Waals surface area contributed by atoms with Gasteiger partial charge in [0.05, 0.1) is 0 Å². The summed E-state index contributed by atoms with van der Waals surface area (Å²) in [7, 11) is 0. The normalized spacial score (nSPS) is 20.5. The molecule has 0 unspecified atom stereocenters. The van der Waals surface area contributed by atoms with Gasteiger partial charge in [-0.1, -0.05) is 13.8 Å². The van der Waals surface area contributed by atoms with E-state index in [2.05, 4.69) is 5.32 Å². The Bertz CT molecular complexity index is 176. The first-order valence-corrected chi connectivity index (χ1v) is 4.73. The summed E-state index contributed by atoms with van der Waals surface area (Å²) in [6, 6.07) is 0. The van der Waals surface area contributed by atoms with Crippen LogP contribution in [-0.2, 0) is 4.79 Å². The van der Waals surface area contributed by atoms with E-state index in [1.54, 1.807) is 4.90 Å². The number of hydrogen-bond acceptors (Lipinski definition) is 2. The van der Waals surface area contributed by atoms with Gasteiger partial charge >= 0.3 is 0 Å². The number of carbonyl (C=O) groups is 1. The predicted octanol–water partition coefficient (Wildman–Crippen LogP) is -0.550. The van der Waals surface area contributed by atoms with E-state index in [1.165, 1.54) is 0 Å². The summed E-state index contributed by atoms with van der Waals surface area (Å²) < 4.78 is 0. The molecular formula is C9H17N2O2. The van der Waals surface area contributed by atoms with Gasteiger partial charge in [0.2, 0.25) is 0 Å². The van der Waals surface area contributed by atoms with Crippen LogP contribution in [0.25, 0.3) is 0 Å². The molecule has 0 aromatic rings. The van der Waals surface area contributed by atoms with Crippen molar-refractivity contribution in [1.29, 1.82) is 0 Å². The van der Waals surface area contributed by atoms with Gasteiger partial charge in [0.25, 0.3) is 5.91 Å². The molecule has 1 heterocycles. The van der Waals surface area contributed by atoms with Gasteiger partial charge in [0.15, 0.2) is 0 Å². The third-order valence-corrected chi connectivity index (χ3v) is 2.25. The van der Waals surface area contributed by atoms with Crippen molar-refractivity contribution in [3.05, 3.63) is 0 Å². The second-order valence-electron chi connectivity index (χ2n) is 3.68. The first kappa shape index (κ1) is 10.5. The van der Waals surface area contributed by atoms with Gasteiger partial charge in [0.1, 0.15) is 6.10 Å². The van der Waals surface area contributed by atoms with Crippen molar-refractivity contribution in [3.63, 3.8) is 0 Å². The zero-order valence-corrected chi connectivity index (χ0v) is 8.23. The molecule has 0 spiro atoms. The van der Waals surface area contributed by atoms with Crippen LogP contribution in [0, 0.1) is 5.92 Å². The molecule has 1 rings (SSSR count). The van der Waals surface area contributed by atoms with Gasteiger partial charge in [-0.05, 0) is 5.92 Å². The highest BCUT2D eigenvalue weighted by atomic mass is 16.3. The molecule has 0 aliphatic carbocycles. The van der Waals surface area contributed by atoms with E-state index in [4.69, 9.17) is 0 Å². The lowest BCUT2D eigenvalue weighted by Crippen LogP contribution is -2.49. The Morgan fingerprint density at radius 2 is 1.92 bits per heavy atom. The molecule has 1 aliphatic rings. The minimum atomic E-state index is -0.849. The van der Waals surface area contributed by atoms with Crippen molar-refractivity contribution in [2.75, 3.05) is 26.2 Å². The van der Waals surface area contributed by atoms with Crippen molar-refractivity contribution in [3.8, 4) is 0 Å².